The first-order valence-corrected chi connectivity index (χ1v) is 5.35. The number of carbonyl (C=O) groups is 1. The number of hydrogen-bond acceptors (Lipinski definition) is 4. The summed E-state index contributed by atoms with van der Waals surface area (Å²) in [5, 5.41) is 0.166. The predicted molar refractivity (Wildman–Crippen MR) is 68.3 cm³/mol. The Morgan fingerprint density at radius 3 is 2.56 bits per heavy atom. The molecule has 1 aromatic rings. The first-order chi connectivity index (χ1) is 8.53. The van der Waals surface area contributed by atoms with Gasteiger partial charge in [0.25, 0.3) is 0 Å². The van der Waals surface area contributed by atoms with Gasteiger partial charge in [-0.05, 0) is 18.2 Å². The molecule has 6 heteroatoms. The molecule has 0 atom stereocenters. The number of aliphatic imine (C=N–C) groups is 1. The van der Waals surface area contributed by atoms with Gasteiger partial charge in [0.2, 0.25) is 0 Å². The van der Waals surface area contributed by atoms with Crippen LogP contribution in [0.2, 0.25) is 0 Å². The number of carbonyl (C=O) groups excluding carboxylic acids is 1. The molecule has 0 aliphatic heterocycles. The van der Waals surface area contributed by atoms with Gasteiger partial charge in [-0.25, -0.2) is 9.18 Å². The fraction of sp³-hybridized carbons (Fsp3) is 0.167. The first kappa shape index (κ1) is 14.2. The highest BCUT2D eigenvalue weighted by Crippen LogP contribution is 2.16. The van der Waals surface area contributed by atoms with E-state index in [0.29, 0.717) is 11.3 Å². The highest BCUT2D eigenvalue weighted by atomic mass is 35.5. The van der Waals surface area contributed by atoms with E-state index in [4.69, 9.17) is 17.3 Å². The van der Waals surface area contributed by atoms with Gasteiger partial charge in [-0.1, -0.05) is 11.6 Å². The molecule has 4 nitrogen and oxygen atoms in total. The topological polar surface area (TPSA) is 64.7 Å². The minimum absolute atomic E-state index is 0.0788. The van der Waals surface area contributed by atoms with E-state index in [-0.39, 0.29) is 10.6 Å². The minimum Gasteiger partial charge on any atom is -0.465 e. The molecule has 18 heavy (non-hydrogen) atoms. The van der Waals surface area contributed by atoms with Crippen LogP contribution >= 0.6 is 11.6 Å². The van der Waals surface area contributed by atoms with Crippen molar-refractivity contribution in [3.63, 3.8) is 0 Å². The third-order valence-corrected chi connectivity index (χ3v) is 2.49. The van der Waals surface area contributed by atoms with Crippen LogP contribution < -0.4 is 5.73 Å². The number of benzene rings is 1. The molecule has 0 bridgehead atoms. The van der Waals surface area contributed by atoms with Crippen LogP contribution in [0.25, 0.3) is 0 Å². The Morgan fingerprint density at radius 2 is 2.06 bits per heavy atom. The lowest BCUT2D eigenvalue weighted by Crippen LogP contribution is -2.08. The number of rotatable bonds is 3. The molecule has 0 unspecified atom stereocenters. The first-order valence-electron chi connectivity index (χ1n) is 4.97. The molecule has 0 radical (unpaired) electrons. The maximum Gasteiger partial charge on any atom is 0.337 e. The van der Waals surface area contributed by atoms with Crippen molar-refractivity contribution >= 4 is 23.3 Å². The van der Waals surface area contributed by atoms with E-state index < -0.39 is 11.8 Å². The number of ether oxygens (including phenoxy) is 1. The summed E-state index contributed by atoms with van der Waals surface area (Å²) in [6, 6.07) is 3.71. The quantitative estimate of drug-likeness (QED) is 0.675. The van der Waals surface area contributed by atoms with Gasteiger partial charge in [0, 0.05) is 18.8 Å². The molecule has 1 rings (SSSR count). The summed E-state index contributed by atoms with van der Waals surface area (Å²) in [5.74, 6) is -1.23. The molecular formula is C12H12ClFN2O2. The second-order valence-corrected chi connectivity index (χ2v) is 3.71. The maximum absolute atomic E-state index is 13.4. The van der Waals surface area contributed by atoms with E-state index in [9.17, 15) is 9.18 Å². The van der Waals surface area contributed by atoms with Gasteiger partial charge in [-0.2, -0.15) is 0 Å². The average Bonchev–Trinajstić information content (AvgIpc) is 2.37. The second kappa shape index (κ2) is 6.16. The lowest BCUT2D eigenvalue weighted by Gasteiger charge is -2.07. The lowest BCUT2D eigenvalue weighted by atomic mass is 10.1. The van der Waals surface area contributed by atoms with Gasteiger partial charge in [0.1, 0.15) is 5.82 Å². The van der Waals surface area contributed by atoms with Crippen LogP contribution in [0.5, 0.6) is 0 Å². The van der Waals surface area contributed by atoms with E-state index in [0.717, 1.165) is 12.3 Å². The normalized spacial score (nSPS) is 12.4. The summed E-state index contributed by atoms with van der Waals surface area (Å²) in [6.07, 6.45) is 1.15. The molecule has 0 heterocycles. The van der Waals surface area contributed by atoms with Crippen molar-refractivity contribution in [2.75, 3.05) is 14.2 Å². The van der Waals surface area contributed by atoms with E-state index in [2.05, 4.69) is 9.73 Å². The summed E-state index contributed by atoms with van der Waals surface area (Å²) < 4.78 is 18.0. The maximum atomic E-state index is 13.4. The van der Waals surface area contributed by atoms with Gasteiger partial charge in [0.05, 0.1) is 23.4 Å². The van der Waals surface area contributed by atoms with Gasteiger partial charge >= 0.3 is 5.97 Å². The summed E-state index contributed by atoms with van der Waals surface area (Å²) in [4.78, 5) is 15.3. The number of halogens is 2. The molecule has 96 valence electrons. The molecule has 1 aromatic carbocycles. The van der Waals surface area contributed by atoms with Crippen LogP contribution in [0.1, 0.15) is 15.9 Å². The monoisotopic (exact) mass is 270 g/mol. The Hall–Kier alpha value is -1.88. The number of methoxy groups -OCH3 is 1. The Kier molecular flexibility index (Phi) is 4.85. The van der Waals surface area contributed by atoms with E-state index in [1.165, 1.54) is 26.3 Å². The molecule has 2 N–H and O–H groups in total. The zero-order valence-corrected chi connectivity index (χ0v) is 10.7. The van der Waals surface area contributed by atoms with E-state index in [1.54, 1.807) is 0 Å². The lowest BCUT2D eigenvalue weighted by molar-refractivity contribution is 0.0600. The van der Waals surface area contributed by atoms with Crippen LogP contribution in [0.4, 0.5) is 4.39 Å². The van der Waals surface area contributed by atoms with Crippen LogP contribution in [0, 0.1) is 5.82 Å². The Morgan fingerprint density at radius 1 is 1.44 bits per heavy atom. The fourth-order valence-electron chi connectivity index (χ4n) is 1.41. The second-order valence-electron chi connectivity index (χ2n) is 3.31. The van der Waals surface area contributed by atoms with Crippen molar-refractivity contribution in [1.29, 1.82) is 0 Å². The molecular weight excluding hydrogens is 259 g/mol. The van der Waals surface area contributed by atoms with E-state index >= 15 is 0 Å². The largest absolute Gasteiger partial charge is 0.465 e. The van der Waals surface area contributed by atoms with Gasteiger partial charge in [-0.15, -0.1) is 0 Å². The van der Waals surface area contributed by atoms with Crippen LogP contribution in [0.15, 0.2) is 34.4 Å². The molecule has 0 saturated carbocycles. The number of nitrogens with zero attached hydrogens (tertiary/aromatic N) is 1. The summed E-state index contributed by atoms with van der Waals surface area (Å²) in [7, 11) is 2.71. The van der Waals surface area contributed by atoms with Gasteiger partial charge in [-0.3, -0.25) is 4.99 Å². The highest BCUT2D eigenvalue weighted by molar-refractivity contribution is 6.46. The molecule has 0 saturated heterocycles. The molecule has 0 aliphatic carbocycles. The van der Waals surface area contributed by atoms with Gasteiger partial charge < -0.3 is 10.5 Å². The predicted octanol–water partition coefficient (Wildman–Crippen LogP) is 2.07. The van der Waals surface area contributed by atoms with Crippen LogP contribution in [-0.4, -0.2) is 25.8 Å². The smallest absolute Gasteiger partial charge is 0.337 e. The zero-order valence-electron chi connectivity index (χ0n) is 9.91. The van der Waals surface area contributed by atoms with Crippen molar-refractivity contribution in [1.82, 2.24) is 0 Å². The Balaban J connectivity index is 3.33. The number of esters is 1. The molecule has 0 spiro atoms. The third-order valence-electron chi connectivity index (χ3n) is 2.19. The van der Waals surface area contributed by atoms with Crippen LogP contribution in [0.3, 0.4) is 0 Å². The Bertz CT molecular complexity index is 527. The average molecular weight is 271 g/mol. The number of allylic oxidation sites excluding steroid dienone is 1. The third kappa shape index (κ3) is 3.07. The summed E-state index contributed by atoms with van der Waals surface area (Å²) >= 11 is 5.85. The molecule has 0 aliphatic rings. The standard InChI is InChI=1S/C12H12ClFN2O2/c1-16-11(10(13)6-15)7-3-8(12(17)18-2)5-9(14)4-7/h3-6H,15H2,1-2H3. The number of hydrogen-bond donors (Lipinski definition) is 1. The fourth-order valence-corrected chi connectivity index (χ4v) is 1.61. The molecule has 0 aromatic heterocycles. The molecule has 0 fully saturated rings. The van der Waals surface area contributed by atoms with Crippen molar-refractivity contribution in [2.45, 2.75) is 0 Å². The molecule has 0 amide bonds. The van der Waals surface area contributed by atoms with Crippen molar-refractivity contribution in [3.05, 3.63) is 46.4 Å². The van der Waals surface area contributed by atoms with Crippen molar-refractivity contribution in [2.24, 2.45) is 10.7 Å². The highest BCUT2D eigenvalue weighted by Gasteiger charge is 2.13. The minimum atomic E-state index is -0.640. The van der Waals surface area contributed by atoms with Crippen LogP contribution in [-0.2, 0) is 4.74 Å². The van der Waals surface area contributed by atoms with Gasteiger partial charge in [0.15, 0.2) is 0 Å². The van der Waals surface area contributed by atoms with E-state index in [1.807, 2.05) is 0 Å². The SMILES string of the molecule is CN=C(C(Cl)=CN)c1cc(F)cc(C(=O)OC)c1. The Labute approximate surface area is 109 Å². The van der Waals surface area contributed by atoms with Crippen molar-refractivity contribution in [3.8, 4) is 0 Å². The van der Waals surface area contributed by atoms with Crippen molar-refractivity contribution < 1.29 is 13.9 Å². The number of nitrogens with two attached hydrogens (primary N) is 1. The summed E-state index contributed by atoms with van der Waals surface area (Å²) in [6.45, 7) is 0. The summed E-state index contributed by atoms with van der Waals surface area (Å²) in [5.41, 5.74) is 6.01. The zero-order chi connectivity index (χ0) is 13.7.